The predicted octanol–water partition coefficient (Wildman–Crippen LogP) is 20.4. The highest BCUT2D eigenvalue weighted by Gasteiger charge is 2.30. The van der Waals surface area contributed by atoms with Gasteiger partial charge in [-0.2, -0.15) is 0 Å². The number of unbranched alkanes of at least 4 members (excludes halogenated alkanes) is 39. The first kappa shape index (κ1) is 88.1. The molecule has 0 aromatic carbocycles. The Kier molecular flexibility index (Phi) is 61.8. The molecule has 0 aliphatic rings. The van der Waals surface area contributed by atoms with E-state index < -0.39 is 97.5 Å². The van der Waals surface area contributed by atoms with Crippen LogP contribution in [0.1, 0.15) is 363 Å². The molecule has 0 fully saturated rings. The molecule has 3 unspecified atom stereocenters. The largest absolute Gasteiger partial charge is 0.472 e. The van der Waals surface area contributed by atoms with Crippen molar-refractivity contribution in [2.45, 2.75) is 381 Å². The van der Waals surface area contributed by atoms with E-state index in [1.165, 1.54) is 167 Å². The number of phosphoric ester groups is 2. The molecule has 0 rings (SSSR count). The van der Waals surface area contributed by atoms with Crippen LogP contribution in [0.4, 0.5) is 0 Å². The van der Waals surface area contributed by atoms with E-state index in [4.69, 9.17) is 37.0 Å². The number of carbonyl (C=O) groups is 4. The number of rotatable bonds is 70. The van der Waals surface area contributed by atoms with Crippen LogP contribution in [0.25, 0.3) is 0 Å². The number of hydrogen-bond donors (Lipinski definition) is 3. The van der Waals surface area contributed by atoms with E-state index in [1.54, 1.807) is 0 Å². The second-order valence-electron chi connectivity index (χ2n) is 26.3. The van der Waals surface area contributed by atoms with Gasteiger partial charge in [0.15, 0.2) is 12.2 Å². The van der Waals surface area contributed by atoms with Gasteiger partial charge in [0, 0.05) is 25.7 Å². The number of hydrogen-bond acceptors (Lipinski definition) is 15. The Labute approximate surface area is 549 Å². The van der Waals surface area contributed by atoms with Crippen molar-refractivity contribution < 1.29 is 80.2 Å². The fourth-order valence-electron chi connectivity index (χ4n) is 10.7. The summed E-state index contributed by atoms with van der Waals surface area (Å²) in [5.74, 6) is -0.531. The van der Waals surface area contributed by atoms with Crippen LogP contribution in [-0.2, 0) is 65.4 Å². The van der Waals surface area contributed by atoms with Gasteiger partial charge in [-0.1, -0.05) is 311 Å². The Morgan fingerprint density at radius 1 is 0.322 bits per heavy atom. The molecule has 3 N–H and O–H groups in total. The SMILES string of the molecule is CCCCCCCCCCCCC(=O)O[C@H](COC(=O)CCCCCCCCC)COP(=O)(O)OC[C@H](O)COP(=O)(O)OC[C@@H](COC(=O)CCCCCCCCCCC(C)CC)OC(=O)CCCCCCCCCCCCCCCCCCCCC(C)C. The minimum Gasteiger partial charge on any atom is -0.462 e. The third-order valence-electron chi connectivity index (χ3n) is 16.8. The van der Waals surface area contributed by atoms with Crippen LogP contribution >= 0.6 is 15.6 Å². The molecule has 0 spiro atoms. The molecule has 0 bridgehead atoms. The quantitative estimate of drug-likeness (QED) is 0.0222. The lowest BCUT2D eigenvalue weighted by Gasteiger charge is -2.21. The summed E-state index contributed by atoms with van der Waals surface area (Å²) in [7, 11) is -9.89. The Balaban J connectivity index is 5.14. The second kappa shape index (κ2) is 63.1. The van der Waals surface area contributed by atoms with E-state index in [0.29, 0.717) is 25.7 Å². The van der Waals surface area contributed by atoms with Crippen molar-refractivity contribution in [2.75, 3.05) is 39.6 Å². The monoisotopic (exact) mass is 1320 g/mol. The van der Waals surface area contributed by atoms with Gasteiger partial charge in [-0.05, 0) is 37.5 Å². The van der Waals surface area contributed by atoms with Crippen molar-refractivity contribution in [1.82, 2.24) is 0 Å². The van der Waals surface area contributed by atoms with Crippen LogP contribution in [0.5, 0.6) is 0 Å². The second-order valence-corrected chi connectivity index (χ2v) is 29.3. The Bertz CT molecular complexity index is 1750. The van der Waals surface area contributed by atoms with Gasteiger partial charge in [0.25, 0.3) is 0 Å². The number of ether oxygens (including phenoxy) is 4. The maximum Gasteiger partial charge on any atom is 0.472 e. The molecular weight excluding hydrogens is 1190 g/mol. The van der Waals surface area contributed by atoms with Crippen LogP contribution in [-0.4, -0.2) is 96.7 Å². The first-order valence-corrected chi connectivity index (χ1v) is 40.0. The molecule has 90 heavy (non-hydrogen) atoms. The van der Waals surface area contributed by atoms with E-state index in [0.717, 1.165) is 115 Å². The van der Waals surface area contributed by atoms with Crippen LogP contribution < -0.4 is 0 Å². The lowest BCUT2D eigenvalue weighted by atomic mass is 9.99. The molecule has 0 heterocycles. The Hall–Kier alpha value is -1.94. The Morgan fingerprint density at radius 3 is 0.844 bits per heavy atom. The summed E-state index contributed by atoms with van der Waals surface area (Å²) < 4.78 is 68.2. The van der Waals surface area contributed by atoms with Crippen molar-refractivity contribution >= 4 is 39.5 Å². The molecule has 6 atom stereocenters. The van der Waals surface area contributed by atoms with Crippen LogP contribution in [0, 0.1) is 11.8 Å². The third kappa shape index (κ3) is 63.5. The van der Waals surface area contributed by atoms with Crippen LogP contribution in [0.2, 0.25) is 0 Å². The summed E-state index contributed by atoms with van der Waals surface area (Å²) in [6.07, 6.45) is 48.7. The molecule has 0 saturated carbocycles. The van der Waals surface area contributed by atoms with E-state index in [1.807, 2.05) is 0 Å². The molecule has 0 aliphatic carbocycles. The molecule has 0 aliphatic heterocycles. The molecular formula is C71H138O17P2. The zero-order valence-corrected chi connectivity index (χ0v) is 60.2. The topological polar surface area (TPSA) is 237 Å². The van der Waals surface area contributed by atoms with Crippen molar-refractivity contribution in [3.05, 3.63) is 0 Å². The number of aliphatic hydroxyl groups is 1. The summed E-state index contributed by atoms with van der Waals surface area (Å²) >= 11 is 0. The zero-order chi connectivity index (χ0) is 66.5. The zero-order valence-electron chi connectivity index (χ0n) is 58.4. The molecule has 0 aromatic heterocycles. The van der Waals surface area contributed by atoms with Gasteiger partial charge in [0.2, 0.25) is 0 Å². The van der Waals surface area contributed by atoms with Crippen LogP contribution in [0.15, 0.2) is 0 Å². The molecule has 0 saturated heterocycles. The highest BCUT2D eigenvalue weighted by atomic mass is 31.2. The van der Waals surface area contributed by atoms with Crippen molar-refractivity contribution in [3.8, 4) is 0 Å². The molecule has 0 aromatic rings. The van der Waals surface area contributed by atoms with Gasteiger partial charge >= 0.3 is 39.5 Å². The average Bonchev–Trinajstić information content (AvgIpc) is 3.66. The third-order valence-corrected chi connectivity index (χ3v) is 18.7. The van der Waals surface area contributed by atoms with E-state index >= 15 is 0 Å². The van der Waals surface area contributed by atoms with Gasteiger partial charge in [0.05, 0.1) is 26.4 Å². The standard InChI is InChI=1S/C71H138O17P2/c1-7-10-12-14-16-17-29-37-43-49-55-70(75)87-66(59-81-68(73)53-47-41-33-15-13-11-8-2)61-85-89(77,78)83-57-65(72)58-84-90(79,80)86-62-67(60-82-69(74)54-48-42-36-32-31-35-40-46-52-64(6)9-3)88-71(76)56-50-44-38-30-27-25-23-21-19-18-20-22-24-26-28-34-39-45-51-63(4)5/h63-67,72H,7-62H2,1-6H3,(H,77,78)(H,79,80)/t64?,65-,66+,67+/m0/s1. The molecule has 0 radical (unpaired) electrons. The minimum atomic E-state index is -4.95. The maximum absolute atomic E-state index is 13.0. The number of esters is 4. The molecule has 19 heteroatoms. The summed E-state index contributed by atoms with van der Waals surface area (Å²) in [6, 6.07) is 0. The van der Waals surface area contributed by atoms with Gasteiger partial charge in [-0.15, -0.1) is 0 Å². The van der Waals surface area contributed by atoms with Gasteiger partial charge in [-0.25, -0.2) is 9.13 Å². The fourth-order valence-corrected chi connectivity index (χ4v) is 12.3. The van der Waals surface area contributed by atoms with Gasteiger partial charge in [0.1, 0.15) is 19.3 Å². The molecule has 17 nitrogen and oxygen atoms in total. The van der Waals surface area contributed by atoms with Gasteiger partial charge in [-0.3, -0.25) is 37.3 Å². The van der Waals surface area contributed by atoms with Crippen molar-refractivity contribution in [1.29, 1.82) is 0 Å². The van der Waals surface area contributed by atoms with E-state index in [9.17, 15) is 43.2 Å². The molecule has 0 amide bonds. The predicted molar refractivity (Wildman–Crippen MR) is 363 cm³/mol. The van der Waals surface area contributed by atoms with Crippen molar-refractivity contribution in [2.24, 2.45) is 11.8 Å². The smallest absolute Gasteiger partial charge is 0.462 e. The first-order chi connectivity index (χ1) is 43.4. The van der Waals surface area contributed by atoms with Gasteiger partial charge < -0.3 is 33.8 Å². The molecule has 534 valence electrons. The number of phosphoric acid groups is 2. The lowest BCUT2D eigenvalue weighted by Crippen LogP contribution is -2.30. The minimum absolute atomic E-state index is 0.106. The highest BCUT2D eigenvalue weighted by Crippen LogP contribution is 2.45. The average molecular weight is 1330 g/mol. The van der Waals surface area contributed by atoms with E-state index in [-0.39, 0.29) is 25.7 Å². The van der Waals surface area contributed by atoms with E-state index in [2.05, 4.69) is 41.5 Å². The Morgan fingerprint density at radius 2 is 0.567 bits per heavy atom. The van der Waals surface area contributed by atoms with Crippen LogP contribution in [0.3, 0.4) is 0 Å². The maximum atomic E-state index is 13.0. The number of carbonyl (C=O) groups excluding carboxylic acids is 4. The van der Waals surface area contributed by atoms with Crippen molar-refractivity contribution in [3.63, 3.8) is 0 Å². The summed E-state index contributed by atoms with van der Waals surface area (Å²) in [5, 5.41) is 10.6. The highest BCUT2D eigenvalue weighted by molar-refractivity contribution is 7.47. The number of aliphatic hydroxyl groups excluding tert-OH is 1. The lowest BCUT2D eigenvalue weighted by molar-refractivity contribution is -0.161. The summed E-state index contributed by atoms with van der Waals surface area (Å²) in [4.78, 5) is 72.4. The first-order valence-electron chi connectivity index (χ1n) is 37.0. The normalized spacial score (nSPS) is 14.4. The fraction of sp³-hybridized carbons (Fsp3) is 0.944. The summed E-state index contributed by atoms with van der Waals surface area (Å²) in [5.41, 5.74) is 0. The summed E-state index contributed by atoms with van der Waals surface area (Å²) in [6.45, 7) is 9.54.